The number of nitrogens with one attached hydrogen (secondary N) is 1. The van der Waals surface area contributed by atoms with Crippen molar-refractivity contribution in [1.29, 1.82) is 0 Å². The summed E-state index contributed by atoms with van der Waals surface area (Å²) in [6.07, 6.45) is 3.58. The minimum absolute atomic E-state index is 0.313. The molecule has 0 amide bonds. The summed E-state index contributed by atoms with van der Waals surface area (Å²) in [5, 5.41) is 13.4. The molecule has 0 aliphatic carbocycles. The molecule has 110 valence electrons. The molecular formula is C19H18N2O. The first-order valence-electron chi connectivity index (χ1n) is 7.30. The summed E-state index contributed by atoms with van der Waals surface area (Å²) in [5.74, 6) is 0.313. The second-order valence-electron chi connectivity index (χ2n) is 5.17. The van der Waals surface area contributed by atoms with Gasteiger partial charge in [0.2, 0.25) is 0 Å². The Kier molecular flexibility index (Phi) is 4.47. The lowest BCUT2D eigenvalue weighted by molar-refractivity contribution is 0.464. The van der Waals surface area contributed by atoms with Crippen molar-refractivity contribution in [2.45, 2.75) is 13.1 Å². The maximum atomic E-state index is 10.0. The summed E-state index contributed by atoms with van der Waals surface area (Å²) in [6.45, 7) is 1.40. The van der Waals surface area contributed by atoms with Crippen molar-refractivity contribution >= 4 is 0 Å². The second-order valence-corrected chi connectivity index (χ2v) is 5.17. The van der Waals surface area contributed by atoms with Crippen LogP contribution < -0.4 is 5.32 Å². The molecule has 0 spiro atoms. The molecular weight excluding hydrogens is 272 g/mol. The minimum Gasteiger partial charge on any atom is -0.508 e. The van der Waals surface area contributed by atoms with E-state index in [1.54, 1.807) is 12.3 Å². The Morgan fingerprint density at radius 1 is 0.864 bits per heavy atom. The molecule has 0 unspecified atom stereocenters. The van der Waals surface area contributed by atoms with Crippen LogP contribution in [-0.4, -0.2) is 10.1 Å². The summed E-state index contributed by atoms with van der Waals surface area (Å²) in [7, 11) is 0. The van der Waals surface area contributed by atoms with Crippen LogP contribution in [0.25, 0.3) is 11.1 Å². The normalized spacial score (nSPS) is 10.5. The van der Waals surface area contributed by atoms with Crippen molar-refractivity contribution in [2.75, 3.05) is 0 Å². The standard InChI is InChI=1S/C19H18N2O/c22-19-9-8-16(17-7-4-10-20-13-17)11-18(19)14-21-12-15-5-2-1-3-6-15/h1-11,13,21-22H,12,14H2. The van der Waals surface area contributed by atoms with E-state index in [9.17, 15) is 5.11 Å². The lowest BCUT2D eigenvalue weighted by Gasteiger charge is -2.09. The number of nitrogens with zero attached hydrogens (tertiary/aromatic N) is 1. The van der Waals surface area contributed by atoms with Crippen LogP contribution in [0, 0.1) is 0 Å². The maximum absolute atomic E-state index is 10.0. The largest absolute Gasteiger partial charge is 0.508 e. The van der Waals surface area contributed by atoms with E-state index in [1.165, 1.54) is 5.56 Å². The first-order valence-corrected chi connectivity index (χ1v) is 7.30. The predicted molar refractivity (Wildman–Crippen MR) is 88.3 cm³/mol. The third kappa shape index (κ3) is 3.51. The average molecular weight is 290 g/mol. The molecule has 0 bridgehead atoms. The van der Waals surface area contributed by atoms with Crippen molar-refractivity contribution in [1.82, 2.24) is 10.3 Å². The molecule has 0 saturated heterocycles. The van der Waals surface area contributed by atoms with Crippen LogP contribution in [0.1, 0.15) is 11.1 Å². The van der Waals surface area contributed by atoms with Crippen LogP contribution in [0.15, 0.2) is 73.1 Å². The lowest BCUT2D eigenvalue weighted by atomic mass is 10.0. The van der Waals surface area contributed by atoms with E-state index in [0.29, 0.717) is 12.3 Å². The Bertz CT molecular complexity index is 727. The van der Waals surface area contributed by atoms with Crippen LogP contribution in [0.5, 0.6) is 5.75 Å². The van der Waals surface area contributed by atoms with Crippen molar-refractivity contribution < 1.29 is 5.11 Å². The lowest BCUT2D eigenvalue weighted by Crippen LogP contribution is -2.12. The van der Waals surface area contributed by atoms with E-state index in [0.717, 1.165) is 23.2 Å². The molecule has 0 saturated carbocycles. The monoisotopic (exact) mass is 290 g/mol. The summed E-state index contributed by atoms with van der Waals surface area (Å²) < 4.78 is 0. The van der Waals surface area contributed by atoms with Crippen molar-refractivity contribution in [3.8, 4) is 16.9 Å². The molecule has 3 aromatic rings. The molecule has 0 aliphatic rings. The van der Waals surface area contributed by atoms with E-state index in [-0.39, 0.29) is 0 Å². The highest BCUT2D eigenvalue weighted by Crippen LogP contribution is 2.25. The minimum atomic E-state index is 0.313. The summed E-state index contributed by atoms with van der Waals surface area (Å²) in [4.78, 5) is 4.14. The molecule has 3 nitrogen and oxygen atoms in total. The number of phenolic OH excluding ortho intramolecular Hbond substituents is 1. The quantitative estimate of drug-likeness (QED) is 0.752. The van der Waals surface area contributed by atoms with E-state index in [1.807, 2.05) is 48.7 Å². The summed E-state index contributed by atoms with van der Waals surface area (Å²) in [6, 6.07) is 19.8. The van der Waals surface area contributed by atoms with Crippen LogP contribution >= 0.6 is 0 Å². The third-order valence-corrected chi connectivity index (χ3v) is 3.56. The second kappa shape index (κ2) is 6.87. The first kappa shape index (κ1) is 14.3. The van der Waals surface area contributed by atoms with Gasteiger partial charge in [0.1, 0.15) is 5.75 Å². The molecule has 0 fully saturated rings. The van der Waals surface area contributed by atoms with Gasteiger partial charge in [-0.15, -0.1) is 0 Å². The van der Waals surface area contributed by atoms with Gasteiger partial charge in [-0.25, -0.2) is 0 Å². The number of phenols is 1. The molecule has 0 atom stereocenters. The number of pyridine rings is 1. The van der Waals surface area contributed by atoms with Gasteiger partial charge in [-0.3, -0.25) is 4.98 Å². The Balaban J connectivity index is 1.71. The van der Waals surface area contributed by atoms with Gasteiger partial charge in [0, 0.05) is 36.6 Å². The Morgan fingerprint density at radius 2 is 1.73 bits per heavy atom. The van der Waals surface area contributed by atoms with Gasteiger partial charge in [0.15, 0.2) is 0 Å². The van der Waals surface area contributed by atoms with Gasteiger partial charge in [-0.05, 0) is 29.3 Å². The number of benzene rings is 2. The Hall–Kier alpha value is -2.65. The highest BCUT2D eigenvalue weighted by molar-refractivity contribution is 5.64. The van der Waals surface area contributed by atoms with Gasteiger partial charge in [0.25, 0.3) is 0 Å². The predicted octanol–water partition coefficient (Wildman–Crippen LogP) is 3.74. The van der Waals surface area contributed by atoms with Crippen LogP contribution in [0.2, 0.25) is 0 Å². The highest BCUT2D eigenvalue weighted by Gasteiger charge is 2.04. The SMILES string of the molecule is Oc1ccc(-c2cccnc2)cc1CNCc1ccccc1. The van der Waals surface area contributed by atoms with Gasteiger partial charge in [0.05, 0.1) is 0 Å². The smallest absolute Gasteiger partial charge is 0.120 e. The molecule has 1 aromatic heterocycles. The fraction of sp³-hybridized carbons (Fsp3) is 0.105. The zero-order chi connectivity index (χ0) is 15.2. The molecule has 0 radical (unpaired) electrons. The van der Waals surface area contributed by atoms with Crippen LogP contribution in [0.3, 0.4) is 0 Å². The van der Waals surface area contributed by atoms with Gasteiger partial charge in [-0.2, -0.15) is 0 Å². The van der Waals surface area contributed by atoms with Crippen molar-refractivity contribution in [2.24, 2.45) is 0 Å². The number of aromatic nitrogens is 1. The fourth-order valence-corrected chi connectivity index (χ4v) is 2.38. The van der Waals surface area contributed by atoms with Crippen LogP contribution in [0.4, 0.5) is 0 Å². The van der Waals surface area contributed by atoms with Crippen molar-refractivity contribution in [3.05, 3.63) is 84.2 Å². The Labute approximate surface area is 130 Å². The zero-order valence-corrected chi connectivity index (χ0v) is 12.2. The van der Waals surface area contributed by atoms with Gasteiger partial charge in [-0.1, -0.05) is 42.5 Å². The number of rotatable bonds is 5. The highest BCUT2D eigenvalue weighted by atomic mass is 16.3. The molecule has 2 N–H and O–H groups in total. The van der Waals surface area contributed by atoms with Crippen molar-refractivity contribution in [3.63, 3.8) is 0 Å². The van der Waals surface area contributed by atoms with E-state index >= 15 is 0 Å². The number of hydrogen-bond donors (Lipinski definition) is 2. The molecule has 2 aromatic carbocycles. The molecule has 3 heteroatoms. The zero-order valence-electron chi connectivity index (χ0n) is 12.2. The molecule has 0 aliphatic heterocycles. The molecule has 3 rings (SSSR count). The number of aromatic hydroxyl groups is 1. The summed E-state index contributed by atoms with van der Waals surface area (Å²) in [5.41, 5.74) is 4.22. The van der Waals surface area contributed by atoms with E-state index in [2.05, 4.69) is 22.4 Å². The first-order chi connectivity index (χ1) is 10.8. The maximum Gasteiger partial charge on any atom is 0.120 e. The average Bonchev–Trinajstić information content (AvgIpc) is 2.58. The molecule has 22 heavy (non-hydrogen) atoms. The third-order valence-electron chi connectivity index (χ3n) is 3.56. The summed E-state index contributed by atoms with van der Waals surface area (Å²) >= 11 is 0. The van der Waals surface area contributed by atoms with E-state index in [4.69, 9.17) is 0 Å². The fourth-order valence-electron chi connectivity index (χ4n) is 2.38. The topological polar surface area (TPSA) is 45.2 Å². The van der Waals surface area contributed by atoms with Gasteiger partial charge >= 0.3 is 0 Å². The molecule has 1 heterocycles. The van der Waals surface area contributed by atoms with E-state index < -0.39 is 0 Å². The number of hydrogen-bond acceptors (Lipinski definition) is 3. The Morgan fingerprint density at radius 3 is 2.50 bits per heavy atom. The van der Waals surface area contributed by atoms with Gasteiger partial charge < -0.3 is 10.4 Å². The van der Waals surface area contributed by atoms with Crippen LogP contribution in [-0.2, 0) is 13.1 Å².